The summed E-state index contributed by atoms with van der Waals surface area (Å²) in [4.78, 5) is 24.7. The summed E-state index contributed by atoms with van der Waals surface area (Å²) < 4.78 is 0. The van der Waals surface area contributed by atoms with Crippen molar-refractivity contribution in [3.8, 4) is 0 Å². The second kappa shape index (κ2) is 5.08. The Morgan fingerprint density at radius 3 is 1.44 bits per heavy atom. The Morgan fingerprint density at radius 2 is 1.31 bits per heavy atom. The molecular weight excluding hydrogens is 224 g/mol. The minimum atomic E-state index is -0.646. The number of nitrogens with zero attached hydrogens (tertiary/aromatic N) is 6. The van der Waals surface area contributed by atoms with E-state index >= 15 is 0 Å². The number of hydrogen-bond donors (Lipinski definition) is 2. The summed E-state index contributed by atoms with van der Waals surface area (Å²) in [7, 11) is 0. The van der Waals surface area contributed by atoms with Crippen LogP contribution in [-0.2, 0) is 0 Å². The van der Waals surface area contributed by atoms with E-state index in [0.717, 1.165) is 12.7 Å². The molecule has 2 heterocycles. The highest BCUT2D eigenvalue weighted by atomic mass is 16.6. The van der Waals surface area contributed by atoms with Crippen molar-refractivity contribution in [2.75, 3.05) is 0 Å². The smallest absolute Gasteiger partial charge is 0.390 e. The first-order valence-corrected chi connectivity index (χ1v) is 3.60. The Balaban J connectivity index is 0.000000160. The van der Waals surface area contributed by atoms with E-state index in [1.54, 1.807) is 0 Å². The van der Waals surface area contributed by atoms with Crippen LogP contribution >= 0.6 is 0 Å². The zero-order valence-corrected chi connectivity index (χ0v) is 7.47. The Morgan fingerprint density at radius 1 is 0.938 bits per heavy atom. The van der Waals surface area contributed by atoms with Crippen molar-refractivity contribution in [2.24, 2.45) is 0 Å². The van der Waals surface area contributed by atoms with E-state index in [1.165, 1.54) is 0 Å². The number of rotatable bonds is 2. The minimum Gasteiger partial charge on any atom is -0.390 e. The summed E-state index contributed by atoms with van der Waals surface area (Å²) in [5, 5.41) is 30.2. The molecule has 0 aliphatic heterocycles. The van der Waals surface area contributed by atoms with E-state index < -0.39 is 9.85 Å². The van der Waals surface area contributed by atoms with Crippen molar-refractivity contribution in [1.82, 2.24) is 30.4 Å². The maximum Gasteiger partial charge on any atom is 0.453 e. The standard InChI is InChI=1S/2C2H2N4O2/c2*7-6(8)2-3-1-4-5-2/h2*1H,(H,3,4,5). The molecule has 0 saturated carbocycles. The average Bonchev–Trinajstić information content (AvgIpc) is 2.93. The SMILES string of the molecule is O=[N+]([O-])c1ncn[nH]1.O=[N+]([O-])c1ncn[nH]1. The van der Waals surface area contributed by atoms with E-state index in [4.69, 9.17) is 0 Å². The van der Waals surface area contributed by atoms with Crippen molar-refractivity contribution < 1.29 is 9.85 Å². The van der Waals surface area contributed by atoms with Crippen LogP contribution in [0.3, 0.4) is 0 Å². The van der Waals surface area contributed by atoms with Gasteiger partial charge in [-0.3, -0.25) is 0 Å². The Kier molecular flexibility index (Phi) is 3.54. The van der Waals surface area contributed by atoms with Gasteiger partial charge in [-0.15, -0.1) is 10.2 Å². The first-order chi connectivity index (χ1) is 7.61. The number of nitrogens with one attached hydrogen (secondary N) is 2. The molecular formula is C4H4N8O4. The molecule has 0 radical (unpaired) electrons. The first-order valence-electron chi connectivity index (χ1n) is 3.60. The van der Waals surface area contributed by atoms with E-state index in [9.17, 15) is 20.2 Å². The van der Waals surface area contributed by atoms with Crippen LogP contribution in [0.15, 0.2) is 12.7 Å². The summed E-state index contributed by atoms with van der Waals surface area (Å²) in [6.45, 7) is 0. The summed E-state index contributed by atoms with van der Waals surface area (Å²) in [6.07, 6.45) is 2.16. The third-order valence-electron chi connectivity index (χ3n) is 1.15. The van der Waals surface area contributed by atoms with Crippen molar-refractivity contribution in [3.63, 3.8) is 0 Å². The molecule has 0 aliphatic carbocycles. The zero-order chi connectivity index (χ0) is 12.0. The number of aromatic amines is 2. The molecule has 0 bridgehead atoms. The van der Waals surface area contributed by atoms with Gasteiger partial charge in [-0.05, 0) is 9.85 Å². The average molecular weight is 228 g/mol. The topological polar surface area (TPSA) is 169 Å². The van der Waals surface area contributed by atoms with Crippen molar-refractivity contribution in [3.05, 3.63) is 32.9 Å². The van der Waals surface area contributed by atoms with Crippen LogP contribution in [0.5, 0.6) is 0 Å². The van der Waals surface area contributed by atoms with Crippen LogP contribution < -0.4 is 0 Å². The largest absolute Gasteiger partial charge is 0.453 e. The van der Waals surface area contributed by atoms with Crippen LogP contribution in [0, 0.1) is 20.2 Å². The highest BCUT2D eigenvalue weighted by Crippen LogP contribution is 1.94. The highest BCUT2D eigenvalue weighted by molar-refractivity contribution is 4.95. The van der Waals surface area contributed by atoms with Crippen molar-refractivity contribution in [1.29, 1.82) is 0 Å². The van der Waals surface area contributed by atoms with Crippen LogP contribution in [0.1, 0.15) is 0 Å². The minimum absolute atomic E-state index is 0.329. The number of hydrogen-bond acceptors (Lipinski definition) is 8. The molecule has 84 valence electrons. The quantitative estimate of drug-likeness (QED) is 0.507. The molecule has 12 nitrogen and oxygen atoms in total. The van der Waals surface area contributed by atoms with Gasteiger partial charge in [0.1, 0.15) is 0 Å². The number of nitro groups is 2. The van der Waals surface area contributed by atoms with Gasteiger partial charge in [0, 0.05) is 0 Å². The first kappa shape index (κ1) is 11.2. The summed E-state index contributed by atoms with van der Waals surface area (Å²) in [5.41, 5.74) is 0. The molecule has 0 atom stereocenters. The third-order valence-corrected chi connectivity index (χ3v) is 1.15. The normalized spacial score (nSPS) is 9.00. The monoisotopic (exact) mass is 228 g/mol. The fourth-order valence-electron chi connectivity index (χ4n) is 0.574. The summed E-state index contributed by atoms with van der Waals surface area (Å²) in [6, 6.07) is 0. The van der Waals surface area contributed by atoms with E-state index in [2.05, 4.69) is 30.4 Å². The van der Waals surface area contributed by atoms with Gasteiger partial charge >= 0.3 is 11.9 Å². The van der Waals surface area contributed by atoms with Gasteiger partial charge in [0.05, 0.1) is 0 Å². The van der Waals surface area contributed by atoms with E-state index in [-0.39, 0.29) is 11.9 Å². The molecule has 2 aromatic heterocycles. The number of aromatic nitrogens is 6. The van der Waals surface area contributed by atoms with Crippen molar-refractivity contribution in [2.45, 2.75) is 0 Å². The van der Waals surface area contributed by atoms with Gasteiger partial charge in [-0.1, -0.05) is 20.2 Å². The van der Waals surface area contributed by atoms with Crippen LogP contribution in [0.4, 0.5) is 11.9 Å². The fourth-order valence-corrected chi connectivity index (χ4v) is 0.574. The maximum absolute atomic E-state index is 9.73. The van der Waals surface area contributed by atoms with Gasteiger partial charge in [0.15, 0.2) is 0 Å². The van der Waals surface area contributed by atoms with Gasteiger partial charge < -0.3 is 20.2 Å². The molecule has 2 N–H and O–H groups in total. The lowest BCUT2D eigenvalue weighted by Gasteiger charge is -1.82. The summed E-state index contributed by atoms with van der Waals surface area (Å²) >= 11 is 0. The van der Waals surface area contributed by atoms with E-state index in [0.29, 0.717) is 0 Å². The second-order valence-corrected chi connectivity index (χ2v) is 2.13. The fraction of sp³-hybridized carbons (Fsp3) is 0. The Labute approximate surface area is 86.0 Å². The molecule has 0 spiro atoms. The van der Waals surface area contributed by atoms with Crippen LogP contribution in [0.25, 0.3) is 0 Å². The third kappa shape index (κ3) is 3.09. The highest BCUT2D eigenvalue weighted by Gasteiger charge is 2.03. The van der Waals surface area contributed by atoms with E-state index in [1.807, 2.05) is 0 Å². The lowest BCUT2D eigenvalue weighted by Crippen LogP contribution is -1.88. The Hall–Kier alpha value is -2.92. The summed E-state index contributed by atoms with van der Waals surface area (Å²) in [5.74, 6) is -0.657. The molecule has 0 saturated heterocycles. The van der Waals surface area contributed by atoms with Crippen LogP contribution in [0.2, 0.25) is 0 Å². The molecule has 0 unspecified atom stereocenters. The molecule has 2 aromatic rings. The lowest BCUT2D eigenvalue weighted by molar-refractivity contribution is -0.394. The lowest BCUT2D eigenvalue weighted by atomic mass is 11.1. The molecule has 0 aromatic carbocycles. The molecule has 0 amide bonds. The predicted octanol–water partition coefficient (Wildman–Crippen LogP) is -0.574. The molecule has 0 fully saturated rings. The number of H-pyrrole nitrogens is 2. The molecule has 0 aliphatic rings. The van der Waals surface area contributed by atoms with Crippen LogP contribution in [-0.4, -0.2) is 40.2 Å². The maximum atomic E-state index is 9.73. The van der Waals surface area contributed by atoms with Gasteiger partial charge in [-0.2, -0.15) is 0 Å². The molecule has 2 rings (SSSR count). The Bertz CT molecular complexity index is 404. The second-order valence-electron chi connectivity index (χ2n) is 2.13. The van der Waals surface area contributed by atoms with Gasteiger partial charge in [0.2, 0.25) is 12.7 Å². The predicted molar refractivity (Wildman–Crippen MR) is 46.1 cm³/mol. The van der Waals surface area contributed by atoms with Gasteiger partial charge in [0.25, 0.3) is 0 Å². The van der Waals surface area contributed by atoms with Gasteiger partial charge in [-0.25, -0.2) is 0 Å². The zero-order valence-electron chi connectivity index (χ0n) is 7.47. The molecule has 12 heteroatoms. The molecule has 16 heavy (non-hydrogen) atoms. The van der Waals surface area contributed by atoms with Crippen molar-refractivity contribution >= 4 is 11.9 Å².